The van der Waals surface area contributed by atoms with Gasteiger partial charge in [-0.05, 0) is 5.56 Å². The molecule has 2 heterocycles. The van der Waals surface area contributed by atoms with Gasteiger partial charge in [-0.2, -0.15) is 0 Å². The van der Waals surface area contributed by atoms with Crippen LogP contribution in [0.3, 0.4) is 0 Å². The van der Waals surface area contributed by atoms with Crippen LogP contribution in [0.2, 0.25) is 0 Å². The third-order valence-corrected chi connectivity index (χ3v) is 7.76. The Morgan fingerprint density at radius 2 is 1.78 bits per heavy atom. The Morgan fingerprint density at radius 3 is 2.36 bits per heavy atom. The van der Waals surface area contributed by atoms with Gasteiger partial charge in [-0.15, -0.1) is 0 Å². The van der Waals surface area contributed by atoms with E-state index in [1.54, 1.807) is 37.3 Å². The van der Waals surface area contributed by atoms with E-state index in [2.05, 4.69) is 16.0 Å². The van der Waals surface area contributed by atoms with Gasteiger partial charge in [0.05, 0.1) is 32.9 Å². The van der Waals surface area contributed by atoms with Crippen molar-refractivity contribution < 1.29 is 54.6 Å². The van der Waals surface area contributed by atoms with Gasteiger partial charge in [-0.1, -0.05) is 37.3 Å². The van der Waals surface area contributed by atoms with Gasteiger partial charge in [0.15, 0.2) is 12.2 Å². The summed E-state index contributed by atoms with van der Waals surface area (Å²) in [6.45, 7) is -1.67. The lowest BCUT2D eigenvalue weighted by molar-refractivity contribution is -0.262. The molecule has 249 valence electrons. The fraction of sp³-hybridized carbons (Fsp3) is 0.593. The normalized spacial score (nSPS) is 27.5. The smallest absolute Gasteiger partial charge is 0.245 e. The molecule has 0 bridgehead atoms. The molecule has 3 rings (SSSR count). The van der Waals surface area contributed by atoms with E-state index in [4.69, 9.17) is 21.0 Å². The second-order valence-corrected chi connectivity index (χ2v) is 10.7. The summed E-state index contributed by atoms with van der Waals surface area (Å²) in [5.41, 5.74) is 6.07. The summed E-state index contributed by atoms with van der Waals surface area (Å²) < 4.78 is 5.65. The second kappa shape index (κ2) is 16.0. The van der Waals surface area contributed by atoms with Crippen molar-refractivity contribution >= 4 is 30.0 Å². The Kier molecular flexibility index (Phi) is 12.7. The van der Waals surface area contributed by atoms with Crippen LogP contribution in [0.25, 0.3) is 0 Å². The highest BCUT2D eigenvalue weighted by Gasteiger charge is 2.52. The zero-order chi connectivity index (χ0) is 33.4. The number of hydrogen-bond acceptors (Lipinski definition) is 13. The van der Waals surface area contributed by atoms with E-state index >= 15 is 0 Å². The summed E-state index contributed by atoms with van der Waals surface area (Å²) in [6, 6.07) is 4.37. The first kappa shape index (κ1) is 35.7. The molecule has 1 aromatic carbocycles. The molecule has 0 saturated carbocycles. The lowest BCUT2D eigenvalue weighted by atomic mass is 9.92. The van der Waals surface area contributed by atoms with Crippen LogP contribution < -0.4 is 21.7 Å². The number of nitrogens with one attached hydrogen (secondary N) is 4. The van der Waals surface area contributed by atoms with Gasteiger partial charge in [0, 0.05) is 5.92 Å². The molecule has 2 saturated heterocycles. The number of guanidine groups is 1. The van der Waals surface area contributed by atoms with Crippen LogP contribution in [0.4, 0.5) is 0 Å². The first-order valence-corrected chi connectivity index (χ1v) is 14.1. The molecule has 45 heavy (non-hydrogen) atoms. The fourth-order valence-electron chi connectivity index (χ4n) is 5.15. The van der Waals surface area contributed by atoms with Crippen LogP contribution in [-0.4, -0.2) is 158 Å². The van der Waals surface area contributed by atoms with E-state index in [0.29, 0.717) is 5.56 Å². The number of carbonyl (C=O) groups excluding carboxylic acids is 4. The number of aliphatic hydroxyl groups excluding tert-OH is 6. The average molecular weight is 639 g/mol. The Morgan fingerprint density at radius 1 is 1.11 bits per heavy atom. The van der Waals surface area contributed by atoms with E-state index in [1.165, 1.54) is 0 Å². The molecule has 12 N–H and O–H groups in total. The van der Waals surface area contributed by atoms with Crippen molar-refractivity contribution in [1.29, 1.82) is 5.41 Å². The largest absolute Gasteiger partial charge is 0.394 e. The number of benzene rings is 1. The van der Waals surface area contributed by atoms with E-state index in [-0.39, 0.29) is 12.5 Å². The summed E-state index contributed by atoms with van der Waals surface area (Å²) in [5, 5.41) is 75.5. The summed E-state index contributed by atoms with van der Waals surface area (Å²) in [6.07, 6.45) is -7.66. The van der Waals surface area contributed by atoms with E-state index in [0.717, 1.165) is 9.80 Å². The molecule has 2 aliphatic rings. The van der Waals surface area contributed by atoms with Crippen LogP contribution in [0, 0.1) is 5.41 Å². The first-order valence-electron chi connectivity index (χ1n) is 14.1. The minimum atomic E-state index is -1.83. The van der Waals surface area contributed by atoms with Crippen molar-refractivity contribution in [1.82, 2.24) is 25.8 Å². The predicted octanol–water partition coefficient (Wildman–Crippen LogP) is -6.02. The van der Waals surface area contributed by atoms with Crippen molar-refractivity contribution in [3.8, 4) is 0 Å². The van der Waals surface area contributed by atoms with Crippen LogP contribution in [0.1, 0.15) is 18.4 Å². The van der Waals surface area contributed by atoms with Gasteiger partial charge in [-0.25, -0.2) is 0 Å². The topological polar surface area (TPSA) is 291 Å². The molecule has 2 fully saturated rings. The number of nitrogens with zero attached hydrogens (tertiary/aromatic N) is 2. The van der Waals surface area contributed by atoms with Crippen LogP contribution in [-0.2, 0) is 23.9 Å². The van der Waals surface area contributed by atoms with Gasteiger partial charge in [-0.3, -0.25) is 29.5 Å². The standard InChI is InChI=1S/C27H40N7O11/c1-13(14-5-3-2-4-6-14)17(11-37)33(20(39)8-30-25(44)16(10-36)32-24(43)15(28)9-35)19-7-31-27(29)34(19)26-23(42)22(41)21(40)18(12-38)45-26/h2-6,13,15-19,21-23,26,35-36,38,40-42H,7-10,12,28H2,1H3,(H2,29,31)(H,30,44)(H,32,43)/t13?,15-,16-,17+,18?,19?,21?,22?,23?,26?/m0/s1. The number of nitrogens with two attached hydrogens (primary N) is 1. The number of aliphatic hydroxyl groups is 6. The SMILES string of the molecule is CC(c1ccccc1)[C@@H]([C]=O)N(C(=O)CNC(=O)[C@H](CO)NC(=O)[C@@H](N)CO)C1CNC(=N)N1C1OC(CO)C(O)C(O)C1O. The molecule has 18 nitrogen and oxygen atoms in total. The summed E-state index contributed by atoms with van der Waals surface area (Å²) in [4.78, 5) is 53.3. The maximum atomic E-state index is 13.9. The number of carbonyl (C=O) groups is 3. The Hall–Kier alpha value is -3.75. The minimum Gasteiger partial charge on any atom is -0.394 e. The molecule has 2 aliphatic heterocycles. The highest BCUT2D eigenvalue weighted by Crippen LogP contribution is 2.31. The number of ether oxygens (including phenoxy) is 1. The van der Waals surface area contributed by atoms with Gasteiger partial charge < -0.3 is 62.0 Å². The van der Waals surface area contributed by atoms with E-state index < -0.39 is 105 Å². The first-order chi connectivity index (χ1) is 21.4. The summed E-state index contributed by atoms with van der Waals surface area (Å²) >= 11 is 0. The summed E-state index contributed by atoms with van der Waals surface area (Å²) in [5.74, 6) is -3.89. The molecular formula is C27H40N7O11. The molecule has 1 radical (unpaired) electrons. The number of hydrogen-bond donors (Lipinski definition) is 11. The maximum absolute atomic E-state index is 13.9. The van der Waals surface area contributed by atoms with E-state index in [9.17, 15) is 44.7 Å². The molecule has 0 aliphatic carbocycles. The number of rotatable bonds is 14. The maximum Gasteiger partial charge on any atom is 0.245 e. The Bertz CT molecular complexity index is 1190. The van der Waals surface area contributed by atoms with Crippen molar-refractivity contribution in [3.05, 3.63) is 35.9 Å². The van der Waals surface area contributed by atoms with Gasteiger partial charge in [0.1, 0.15) is 48.7 Å². The lowest BCUT2D eigenvalue weighted by Gasteiger charge is -2.47. The molecule has 7 unspecified atom stereocenters. The zero-order valence-electron chi connectivity index (χ0n) is 24.4. The van der Waals surface area contributed by atoms with Crippen molar-refractivity contribution in [3.63, 3.8) is 0 Å². The third-order valence-electron chi connectivity index (χ3n) is 7.76. The monoisotopic (exact) mass is 638 g/mol. The number of amides is 3. The quantitative estimate of drug-likeness (QED) is 0.0905. The van der Waals surface area contributed by atoms with Crippen LogP contribution >= 0.6 is 0 Å². The molecule has 3 amide bonds. The Labute approximate surface area is 258 Å². The predicted molar refractivity (Wildman–Crippen MR) is 153 cm³/mol. The van der Waals surface area contributed by atoms with Gasteiger partial charge in [0.25, 0.3) is 0 Å². The molecule has 1 aromatic rings. The highest BCUT2D eigenvalue weighted by atomic mass is 16.6. The fourth-order valence-corrected chi connectivity index (χ4v) is 5.15. The average Bonchev–Trinajstić information content (AvgIpc) is 3.43. The van der Waals surface area contributed by atoms with E-state index in [1.807, 2.05) is 6.29 Å². The van der Waals surface area contributed by atoms with Crippen LogP contribution in [0.5, 0.6) is 0 Å². The zero-order valence-corrected chi connectivity index (χ0v) is 24.4. The second-order valence-electron chi connectivity index (χ2n) is 10.7. The van der Waals surface area contributed by atoms with Crippen molar-refractivity contribution in [2.75, 3.05) is 32.9 Å². The molecular weight excluding hydrogens is 598 g/mol. The lowest BCUT2D eigenvalue weighted by Crippen LogP contribution is -2.68. The van der Waals surface area contributed by atoms with Gasteiger partial charge >= 0.3 is 0 Å². The minimum absolute atomic E-state index is 0.193. The summed E-state index contributed by atoms with van der Waals surface area (Å²) in [7, 11) is 0. The Balaban J connectivity index is 1.95. The molecule has 18 heteroatoms. The van der Waals surface area contributed by atoms with Crippen molar-refractivity contribution in [2.24, 2.45) is 5.73 Å². The molecule has 10 atom stereocenters. The highest BCUT2D eigenvalue weighted by molar-refractivity contribution is 5.92. The third kappa shape index (κ3) is 7.92. The van der Waals surface area contributed by atoms with Crippen molar-refractivity contribution in [2.45, 2.75) is 67.8 Å². The van der Waals surface area contributed by atoms with Crippen LogP contribution in [0.15, 0.2) is 30.3 Å². The van der Waals surface area contributed by atoms with Gasteiger partial charge in [0.2, 0.25) is 24.0 Å². The molecule has 0 spiro atoms. The molecule has 0 aromatic heterocycles.